The lowest BCUT2D eigenvalue weighted by molar-refractivity contribution is -0.134. The Kier molecular flexibility index (Phi) is 4.79. The summed E-state index contributed by atoms with van der Waals surface area (Å²) in [6.07, 6.45) is 5.64. The minimum absolute atomic E-state index is 0.0607. The summed E-state index contributed by atoms with van der Waals surface area (Å²) in [5.74, 6) is 0.633. The fourth-order valence-corrected chi connectivity index (χ4v) is 5.55. The van der Waals surface area contributed by atoms with E-state index in [0.717, 1.165) is 63.3 Å². The van der Waals surface area contributed by atoms with E-state index in [1.807, 2.05) is 30.1 Å². The molecule has 3 N–H and O–H groups in total. The molecule has 9 nitrogen and oxygen atoms in total. The second-order valence-corrected chi connectivity index (χ2v) is 9.05. The Labute approximate surface area is 201 Å². The van der Waals surface area contributed by atoms with E-state index in [1.165, 1.54) is 16.1 Å². The Bertz CT molecular complexity index is 1640. The average molecular weight is 473 g/mol. The van der Waals surface area contributed by atoms with E-state index in [-0.39, 0.29) is 18.4 Å². The van der Waals surface area contributed by atoms with Crippen LogP contribution in [0.15, 0.2) is 30.6 Å². The van der Waals surface area contributed by atoms with E-state index in [0.29, 0.717) is 5.75 Å². The summed E-state index contributed by atoms with van der Waals surface area (Å²) in [7, 11) is 5.29. The number of aromatic nitrogens is 4. The normalized spacial score (nSPS) is 12.9. The maximum atomic E-state index is 12.2. The number of hydrazine groups is 1. The zero-order chi connectivity index (χ0) is 24.4. The Morgan fingerprint density at radius 3 is 2.89 bits per heavy atom. The number of nitrogens with zero attached hydrogens (tertiary/aromatic N) is 4. The Hall–Kier alpha value is -3.98. The number of amides is 1. The molecular formula is C26H28N6O3. The van der Waals surface area contributed by atoms with Crippen molar-refractivity contribution in [2.75, 3.05) is 20.7 Å². The molecule has 0 saturated carbocycles. The number of aromatic hydroxyl groups is 1. The molecule has 1 amide bonds. The quantitative estimate of drug-likeness (QED) is 0.340. The van der Waals surface area contributed by atoms with Crippen LogP contribution in [0.5, 0.6) is 11.6 Å². The van der Waals surface area contributed by atoms with Crippen molar-refractivity contribution in [3.8, 4) is 22.8 Å². The summed E-state index contributed by atoms with van der Waals surface area (Å²) in [5.41, 5.74) is 9.51. The van der Waals surface area contributed by atoms with Crippen LogP contribution in [0, 0.1) is 0 Å². The topological polar surface area (TPSA) is 100 Å². The van der Waals surface area contributed by atoms with Crippen LogP contribution in [-0.2, 0) is 31.2 Å². The summed E-state index contributed by atoms with van der Waals surface area (Å²) in [4.78, 5) is 15.3. The molecule has 180 valence electrons. The molecule has 0 fully saturated rings. The minimum Gasteiger partial charge on any atom is -0.494 e. The molecule has 3 aromatic heterocycles. The van der Waals surface area contributed by atoms with E-state index in [4.69, 9.17) is 4.74 Å². The fraction of sp³-hybridized carbons (Fsp3) is 0.308. The van der Waals surface area contributed by atoms with Gasteiger partial charge in [0.25, 0.3) is 5.91 Å². The van der Waals surface area contributed by atoms with Crippen molar-refractivity contribution >= 4 is 38.5 Å². The Balaban J connectivity index is 1.63. The molecule has 0 spiro atoms. The highest BCUT2D eigenvalue weighted by molar-refractivity contribution is 6.26. The molecule has 2 aromatic carbocycles. The number of aromatic amines is 1. The van der Waals surface area contributed by atoms with E-state index < -0.39 is 0 Å². The van der Waals surface area contributed by atoms with Crippen molar-refractivity contribution in [3.05, 3.63) is 41.9 Å². The Morgan fingerprint density at radius 2 is 2.11 bits per heavy atom. The number of H-pyrrole nitrogens is 1. The third kappa shape index (κ3) is 3.04. The third-order valence-corrected chi connectivity index (χ3v) is 7.18. The number of benzene rings is 2. The van der Waals surface area contributed by atoms with Crippen LogP contribution in [0.2, 0.25) is 0 Å². The molecule has 0 saturated heterocycles. The fourth-order valence-electron chi connectivity index (χ4n) is 5.55. The van der Waals surface area contributed by atoms with E-state index in [2.05, 4.69) is 39.3 Å². The predicted octanol–water partition coefficient (Wildman–Crippen LogP) is 3.47. The van der Waals surface area contributed by atoms with Gasteiger partial charge < -0.3 is 19.4 Å². The number of hydrogen-bond acceptors (Lipinski definition) is 5. The summed E-state index contributed by atoms with van der Waals surface area (Å²) >= 11 is 0. The number of hydrogen-bond donors (Lipinski definition) is 3. The second-order valence-electron chi connectivity index (χ2n) is 9.05. The van der Waals surface area contributed by atoms with Crippen molar-refractivity contribution in [1.29, 1.82) is 0 Å². The SMILES string of the molecule is CCn1c2ccc(OCC(=O)N(C)NC)cc2c2c3c[nH]c(O)c3c3c(c21)CCc1nn(C)cc1-3. The van der Waals surface area contributed by atoms with Crippen LogP contribution >= 0.6 is 0 Å². The van der Waals surface area contributed by atoms with Crippen LogP contribution < -0.4 is 10.2 Å². The molecule has 1 aliphatic rings. The largest absolute Gasteiger partial charge is 0.494 e. The zero-order valence-electron chi connectivity index (χ0n) is 20.3. The summed E-state index contributed by atoms with van der Waals surface area (Å²) in [6.45, 7) is 2.90. The van der Waals surface area contributed by atoms with Gasteiger partial charge in [0.2, 0.25) is 0 Å². The van der Waals surface area contributed by atoms with Gasteiger partial charge in [-0.05, 0) is 43.5 Å². The van der Waals surface area contributed by atoms with Crippen molar-refractivity contribution < 1.29 is 14.6 Å². The molecule has 0 bridgehead atoms. The van der Waals surface area contributed by atoms with Crippen LogP contribution in [0.3, 0.4) is 0 Å². The molecule has 0 unspecified atom stereocenters. The molecule has 0 atom stereocenters. The molecule has 1 aliphatic carbocycles. The highest BCUT2D eigenvalue weighted by atomic mass is 16.5. The van der Waals surface area contributed by atoms with Crippen molar-refractivity contribution in [2.24, 2.45) is 7.05 Å². The number of rotatable bonds is 5. The number of carbonyl (C=O) groups excluding carboxylic acids is 1. The van der Waals surface area contributed by atoms with Gasteiger partial charge >= 0.3 is 0 Å². The number of ether oxygens (including phenoxy) is 1. The van der Waals surface area contributed by atoms with Gasteiger partial charge in [0, 0.05) is 72.9 Å². The number of fused-ring (bicyclic) bond motifs is 10. The lowest BCUT2D eigenvalue weighted by atomic mass is 9.85. The number of carbonyl (C=O) groups is 1. The minimum atomic E-state index is -0.164. The van der Waals surface area contributed by atoms with Gasteiger partial charge in [-0.3, -0.25) is 14.5 Å². The van der Waals surface area contributed by atoms with Gasteiger partial charge in [0.05, 0.1) is 16.6 Å². The smallest absolute Gasteiger partial charge is 0.274 e. The number of nitrogens with one attached hydrogen (secondary N) is 2. The molecule has 9 heteroatoms. The highest BCUT2D eigenvalue weighted by Crippen LogP contribution is 2.49. The van der Waals surface area contributed by atoms with Gasteiger partial charge in [-0.2, -0.15) is 5.10 Å². The monoisotopic (exact) mass is 472 g/mol. The van der Waals surface area contributed by atoms with Gasteiger partial charge in [-0.15, -0.1) is 0 Å². The first-order valence-electron chi connectivity index (χ1n) is 11.8. The van der Waals surface area contributed by atoms with Crippen molar-refractivity contribution in [2.45, 2.75) is 26.3 Å². The molecule has 0 radical (unpaired) electrons. The maximum Gasteiger partial charge on any atom is 0.274 e. The highest BCUT2D eigenvalue weighted by Gasteiger charge is 2.29. The molecule has 3 heterocycles. The van der Waals surface area contributed by atoms with Crippen LogP contribution in [0.25, 0.3) is 43.7 Å². The zero-order valence-corrected chi connectivity index (χ0v) is 20.3. The first-order chi connectivity index (χ1) is 16.9. The van der Waals surface area contributed by atoms with Gasteiger partial charge in [0.1, 0.15) is 5.75 Å². The predicted molar refractivity (Wildman–Crippen MR) is 136 cm³/mol. The van der Waals surface area contributed by atoms with Crippen molar-refractivity contribution in [1.82, 2.24) is 29.8 Å². The first kappa shape index (κ1) is 21.5. The molecule has 5 aromatic rings. The van der Waals surface area contributed by atoms with Gasteiger partial charge in [-0.25, -0.2) is 5.43 Å². The maximum absolute atomic E-state index is 12.2. The average Bonchev–Trinajstić information content (AvgIpc) is 3.53. The second kappa shape index (κ2) is 7.78. The number of aryl methyl sites for hydroxylation is 4. The lowest BCUT2D eigenvalue weighted by Gasteiger charge is -2.20. The van der Waals surface area contributed by atoms with Gasteiger partial charge in [0.15, 0.2) is 12.5 Å². The third-order valence-electron chi connectivity index (χ3n) is 7.18. The van der Waals surface area contributed by atoms with Crippen LogP contribution in [-0.4, -0.2) is 56.1 Å². The molecule has 6 rings (SSSR count). The standard InChI is InChI=1S/C26H28N6O3/c1-5-32-20-9-6-14(35-13-21(33)31(4)27-2)10-16(20)23-17-11-28-26(34)24(17)22-15(25(23)32)7-8-19-18(22)12-30(3)29-19/h6,9-12,27-28,34H,5,7-8,13H2,1-4H3. The van der Waals surface area contributed by atoms with Crippen LogP contribution in [0.4, 0.5) is 0 Å². The van der Waals surface area contributed by atoms with E-state index in [1.54, 1.807) is 14.1 Å². The summed E-state index contributed by atoms with van der Waals surface area (Å²) in [6, 6.07) is 5.98. The summed E-state index contributed by atoms with van der Waals surface area (Å²) in [5, 5.41) is 20.9. The lowest BCUT2D eigenvalue weighted by Crippen LogP contribution is -2.39. The van der Waals surface area contributed by atoms with Crippen molar-refractivity contribution in [3.63, 3.8) is 0 Å². The molecule has 0 aliphatic heterocycles. The van der Waals surface area contributed by atoms with Crippen LogP contribution in [0.1, 0.15) is 18.2 Å². The van der Waals surface area contributed by atoms with E-state index in [9.17, 15) is 9.90 Å². The van der Waals surface area contributed by atoms with Gasteiger partial charge in [-0.1, -0.05) is 0 Å². The molecular weight excluding hydrogens is 444 g/mol. The number of likely N-dealkylation sites (N-methyl/N-ethyl adjacent to an activating group) is 1. The first-order valence-corrected chi connectivity index (χ1v) is 11.8. The Morgan fingerprint density at radius 1 is 1.29 bits per heavy atom. The molecule has 35 heavy (non-hydrogen) atoms. The summed E-state index contributed by atoms with van der Waals surface area (Å²) < 4.78 is 10.1. The van der Waals surface area contributed by atoms with E-state index >= 15 is 0 Å².